The fraction of sp³-hybridized carbons (Fsp3) is 0.242. The quantitative estimate of drug-likeness (QED) is 0.246. The van der Waals surface area contributed by atoms with Crippen LogP contribution in [0.1, 0.15) is 42.0 Å². The van der Waals surface area contributed by atoms with Gasteiger partial charge in [-0.3, -0.25) is 0 Å². The first kappa shape index (κ1) is 28.4. The van der Waals surface area contributed by atoms with Crippen molar-refractivity contribution >= 4 is 28.7 Å². The number of alkyl halides is 4. The number of nitrogens with zero attached hydrogens (tertiary/aromatic N) is 2. The first-order valence-electron chi connectivity index (χ1n) is 14.1. The minimum Gasteiger partial charge on any atom is -0.486 e. The molecule has 3 aromatic carbocycles. The second kappa shape index (κ2) is 12.0. The van der Waals surface area contributed by atoms with Gasteiger partial charge in [-0.2, -0.15) is 17.6 Å². The van der Waals surface area contributed by atoms with Crippen molar-refractivity contribution in [3.63, 3.8) is 0 Å². The van der Waals surface area contributed by atoms with Crippen LogP contribution in [0.2, 0.25) is 0 Å². The van der Waals surface area contributed by atoms with Crippen LogP contribution in [0.25, 0.3) is 11.8 Å². The molecule has 226 valence electrons. The van der Waals surface area contributed by atoms with E-state index in [0.717, 1.165) is 63.7 Å². The van der Waals surface area contributed by atoms with Crippen LogP contribution in [-0.4, -0.2) is 36.5 Å². The van der Waals surface area contributed by atoms with Crippen molar-refractivity contribution < 1.29 is 36.5 Å². The average molecular weight is 623 g/mol. The van der Waals surface area contributed by atoms with Crippen LogP contribution < -0.4 is 18.9 Å². The minimum absolute atomic E-state index is 0.0875. The SMILES string of the molecule is FC(F)Oc1ccc(/C=C2\CCCC3=C2N=C2SC=C(c4ccc5c(c4)OCCO5)N2[C@H]3c2ccc(OC(F)F)cc2)cc1. The highest BCUT2D eigenvalue weighted by molar-refractivity contribution is 8.16. The number of ether oxygens (including phenoxy) is 4. The van der Waals surface area contributed by atoms with Crippen molar-refractivity contribution in [2.45, 2.75) is 38.5 Å². The molecule has 0 radical (unpaired) electrons. The summed E-state index contributed by atoms with van der Waals surface area (Å²) in [5.74, 6) is 1.56. The summed E-state index contributed by atoms with van der Waals surface area (Å²) >= 11 is 1.52. The van der Waals surface area contributed by atoms with E-state index < -0.39 is 13.2 Å². The average Bonchev–Trinajstić information content (AvgIpc) is 3.44. The maximum absolute atomic E-state index is 12.9. The maximum atomic E-state index is 12.9. The van der Waals surface area contributed by atoms with Gasteiger partial charge in [-0.05, 0) is 90.1 Å². The van der Waals surface area contributed by atoms with Gasteiger partial charge in [-0.15, -0.1) is 0 Å². The molecule has 11 heteroatoms. The number of rotatable bonds is 7. The standard InChI is InChI=1S/C33H26F4N2O4S/c34-31(35)42-23-9-4-19(5-10-23)16-22-2-1-3-25-29(22)38-33-39(30(25)20-6-11-24(12-7-20)43-32(36)37)26(18-44-33)21-8-13-27-28(17-21)41-15-14-40-27/h4-13,16-18,30-32H,1-3,14-15H2/b22-16+/t30-/m0/s1. The van der Waals surface area contributed by atoms with Gasteiger partial charge in [0.25, 0.3) is 0 Å². The Balaban J connectivity index is 1.29. The first-order valence-corrected chi connectivity index (χ1v) is 15.0. The Hall–Kier alpha value is -4.38. The molecule has 0 aromatic heterocycles. The van der Waals surface area contributed by atoms with E-state index in [2.05, 4.69) is 19.8 Å². The molecule has 7 rings (SSSR count). The normalized spacial score (nSPS) is 20.0. The molecular weight excluding hydrogens is 596 g/mol. The Morgan fingerprint density at radius 2 is 1.52 bits per heavy atom. The van der Waals surface area contributed by atoms with Crippen LogP contribution in [0.3, 0.4) is 0 Å². The van der Waals surface area contributed by atoms with Crippen LogP contribution in [-0.2, 0) is 0 Å². The summed E-state index contributed by atoms with van der Waals surface area (Å²) in [6.45, 7) is -4.82. The van der Waals surface area contributed by atoms with Crippen molar-refractivity contribution in [1.82, 2.24) is 4.90 Å². The summed E-state index contributed by atoms with van der Waals surface area (Å²) in [7, 11) is 0. The Morgan fingerprint density at radius 1 is 0.841 bits per heavy atom. The number of hydrogen-bond acceptors (Lipinski definition) is 7. The highest BCUT2D eigenvalue weighted by Gasteiger charge is 2.40. The molecule has 0 bridgehead atoms. The van der Waals surface area contributed by atoms with Gasteiger partial charge in [0.15, 0.2) is 16.7 Å². The molecule has 0 spiro atoms. The molecule has 44 heavy (non-hydrogen) atoms. The van der Waals surface area contributed by atoms with E-state index in [9.17, 15) is 17.6 Å². The Labute approximate surface area is 255 Å². The first-order chi connectivity index (χ1) is 21.4. The summed E-state index contributed by atoms with van der Waals surface area (Å²) in [5, 5.41) is 2.86. The number of thioether (sulfide) groups is 1. The van der Waals surface area contributed by atoms with Gasteiger partial charge in [-0.1, -0.05) is 36.0 Å². The van der Waals surface area contributed by atoms with Gasteiger partial charge in [0.05, 0.1) is 17.4 Å². The second-order valence-electron chi connectivity index (χ2n) is 10.4. The van der Waals surface area contributed by atoms with E-state index in [1.807, 2.05) is 36.4 Å². The summed E-state index contributed by atoms with van der Waals surface area (Å²) in [4.78, 5) is 7.35. The number of allylic oxidation sites excluding steroid dienone is 1. The van der Waals surface area contributed by atoms with Gasteiger partial charge >= 0.3 is 13.2 Å². The number of halogens is 4. The van der Waals surface area contributed by atoms with E-state index in [1.165, 1.54) is 23.9 Å². The van der Waals surface area contributed by atoms with Gasteiger partial charge < -0.3 is 23.8 Å². The summed E-state index contributed by atoms with van der Waals surface area (Å²) in [6, 6.07) is 18.9. The Bertz CT molecular complexity index is 1690. The van der Waals surface area contributed by atoms with Crippen LogP contribution in [0.4, 0.5) is 17.6 Å². The molecule has 0 unspecified atom stereocenters. The Kier molecular flexibility index (Phi) is 7.71. The van der Waals surface area contributed by atoms with Gasteiger partial charge in [0.2, 0.25) is 0 Å². The third-order valence-electron chi connectivity index (χ3n) is 7.74. The van der Waals surface area contributed by atoms with Gasteiger partial charge in [0.1, 0.15) is 24.7 Å². The predicted molar refractivity (Wildman–Crippen MR) is 160 cm³/mol. The molecule has 0 saturated heterocycles. The number of benzene rings is 3. The number of hydrogen-bond donors (Lipinski definition) is 0. The third kappa shape index (κ3) is 5.63. The number of aliphatic imine (C=N–C) groups is 1. The molecule has 1 atom stereocenters. The largest absolute Gasteiger partial charge is 0.486 e. The summed E-state index contributed by atoms with van der Waals surface area (Å²) in [6.07, 6.45) is 4.51. The second-order valence-corrected chi connectivity index (χ2v) is 11.3. The fourth-order valence-electron chi connectivity index (χ4n) is 5.91. The van der Waals surface area contributed by atoms with Crippen molar-refractivity contribution in [2.24, 2.45) is 4.99 Å². The lowest BCUT2D eigenvalue weighted by Gasteiger charge is -2.40. The van der Waals surface area contributed by atoms with Gasteiger partial charge in [0, 0.05) is 11.0 Å². The molecule has 0 amide bonds. The predicted octanol–water partition coefficient (Wildman–Crippen LogP) is 8.64. The van der Waals surface area contributed by atoms with E-state index in [1.54, 1.807) is 24.3 Å². The highest BCUT2D eigenvalue weighted by Crippen LogP contribution is 2.51. The lowest BCUT2D eigenvalue weighted by molar-refractivity contribution is -0.0505. The zero-order valence-corrected chi connectivity index (χ0v) is 24.0. The smallest absolute Gasteiger partial charge is 0.387 e. The van der Waals surface area contributed by atoms with Crippen molar-refractivity contribution in [3.8, 4) is 23.0 Å². The third-order valence-corrected chi connectivity index (χ3v) is 8.58. The minimum atomic E-state index is -2.91. The summed E-state index contributed by atoms with van der Waals surface area (Å²) in [5.41, 5.74) is 6.67. The number of fused-ring (bicyclic) bond motifs is 2. The molecule has 0 N–H and O–H groups in total. The topological polar surface area (TPSA) is 52.5 Å². The van der Waals surface area contributed by atoms with Crippen LogP contribution in [0.15, 0.2) is 94.0 Å². The molecule has 0 fully saturated rings. The highest BCUT2D eigenvalue weighted by atomic mass is 32.2. The monoisotopic (exact) mass is 622 g/mol. The molecule has 3 heterocycles. The van der Waals surface area contributed by atoms with E-state index in [4.69, 9.17) is 14.5 Å². The molecule has 4 aliphatic rings. The molecule has 3 aromatic rings. The zero-order valence-electron chi connectivity index (χ0n) is 23.2. The summed E-state index contributed by atoms with van der Waals surface area (Å²) < 4.78 is 71.8. The zero-order chi connectivity index (χ0) is 30.2. The van der Waals surface area contributed by atoms with E-state index in [0.29, 0.717) is 24.7 Å². The Morgan fingerprint density at radius 3 is 2.23 bits per heavy atom. The van der Waals surface area contributed by atoms with Crippen molar-refractivity contribution in [3.05, 3.63) is 106 Å². The van der Waals surface area contributed by atoms with E-state index in [-0.39, 0.29) is 17.5 Å². The molecular formula is C33H26F4N2O4S. The lowest BCUT2D eigenvalue weighted by Crippen LogP contribution is -2.34. The van der Waals surface area contributed by atoms with Crippen LogP contribution in [0, 0.1) is 0 Å². The molecule has 6 nitrogen and oxygen atoms in total. The van der Waals surface area contributed by atoms with Crippen LogP contribution >= 0.6 is 11.8 Å². The molecule has 0 saturated carbocycles. The lowest BCUT2D eigenvalue weighted by atomic mass is 9.82. The van der Waals surface area contributed by atoms with Gasteiger partial charge in [-0.25, -0.2) is 4.99 Å². The fourth-order valence-corrected chi connectivity index (χ4v) is 6.84. The molecule has 1 aliphatic carbocycles. The molecule has 3 aliphatic heterocycles. The van der Waals surface area contributed by atoms with Crippen molar-refractivity contribution in [1.29, 1.82) is 0 Å². The maximum Gasteiger partial charge on any atom is 0.387 e. The van der Waals surface area contributed by atoms with Crippen LogP contribution in [0.5, 0.6) is 23.0 Å². The van der Waals surface area contributed by atoms with Crippen molar-refractivity contribution in [2.75, 3.05) is 13.2 Å². The number of amidine groups is 1. The van der Waals surface area contributed by atoms with E-state index >= 15 is 0 Å².